The Kier molecular flexibility index (Phi) is 8.88. The highest BCUT2D eigenvalue weighted by molar-refractivity contribution is 7.92. The SMILES string of the molecule is CCCS(=O)(=O)Nc1ccc(N(C)C)c(CN(C(=O)NCC)[C@H](C)CC)c1. The van der Waals surface area contributed by atoms with E-state index in [1.165, 1.54) is 0 Å². The molecule has 0 aromatic heterocycles. The molecular formula is C19H34N4O3S. The molecule has 154 valence electrons. The van der Waals surface area contributed by atoms with Crippen LogP contribution in [0.4, 0.5) is 16.2 Å². The molecule has 1 atom stereocenters. The van der Waals surface area contributed by atoms with Gasteiger partial charge in [-0.25, -0.2) is 13.2 Å². The normalized spacial score (nSPS) is 12.4. The first-order valence-corrected chi connectivity index (χ1v) is 11.2. The number of hydrogen-bond acceptors (Lipinski definition) is 4. The molecule has 2 amide bonds. The second-order valence-corrected chi connectivity index (χ2v) is 8.72. The number of rotatable bonds is 10. The van der Waals surface area contributed by atoms with Crippen molar-refractivity contribution >= 4 is 27.4 Å². The van der Waals surface area contributed by atoms with Crippen LogP contribution in [-0.4, -0.2) is 51.8 Å². The lowest BCUT2D eigenvalue weighted by molar-refractivity contribution is 0.174. The maximum Gasteiger partial charge on any atom is 0.317 e. The predicted molar refractivity (Wildman–Crippen MR) is 113 cm³/mol. The summed E-state index contributed by atoms with van der Waals surface area (Å²) in [6, 6.07) is 5.40. The highest BCUT2D eigenvalue weighted by atomic mass is 32.2. The van der Waals surface area contributed by atoms with Gasteiger partial charge in [0.25, 0.3) is 0 Å². The van der Waals surface area contributed by atoms with E-state index in [-0.39, 0.29) is 17.8 Å². The van der Waals surface area contributed by atoms with Crippen LogP contribution in [0, 0.1) is 0 Å². The van der Waals surface area contributed by atoms with Gasteiger partial charge in [0, 0.05) is 44.6 Å². The van der Waals surface area contributed by atoms with Crippen LogP contribution in [0.15, 0.2) is 18.2 Å². The molecular weight excluding hydrogens is 364 g/mol. The number of benzene rings is 1. The van der Waals surface area contributed by atoms with Gasteiger partial charge in [-0.2, -0.15) is 0 Å². The van der Waals surface area contributed by atoms with E-state index in [1.807, 2.05) is 58.8 Å². The van der Waals surface area contributed by atoms with Gasteiger partial charge in [0.15, 0.2) is 0 Å². The van der Waals surface area contributed by atoms with Crippen LogP contribution in [0.5, 0.6) is 0 Å². The molecule has 1 rings (SSSR count). The number of carbonyl (C=O) groups is 1. The molecule has 0 spiro atoms. The smallest absolute Gasteiger partial charge is 0.317 e. The van der Waals surface area contributed by atoms with Crippen LogP contribution in [0.25, 0.3) is 0 Å². The van der Waals surface area contributed by atoms with Crippen LogP contribution in [0.1, 0.15) is 46.1 Å². The van der Waals surface area contributed by atoms with Crippen molar-refractivity contribution < 1.29 is 13.2 Å². The number of anilines is 2. The summed E-state index contributed by atoms with van der Waals surface area (Å²) in [6.45, 7) is 8.73. The van der Waals surface area contributed by atoms with Gasteiger partial charge in [0.05, 0.1) is 5.75 Å². The summed E-state index contributed by atoms with van der Waals surface area (Å²) >= 11 is 0. The Morgan fingerprint density at radius 3 is 2.37 bits per heavy atom. The topological polar surface area (TPSA) is 81.8 Å². The average Bonchev–Trinajstić information content (AvgIpc) is 2.58. The first-order valence-electron chi connectivity index (χ1n) is 9.50. The first-order chi connectivity index (χ1) is 12.6. The molecule has 0 saturated heterocycles. The van der Waals surface area contributed by atoms with Crippen molar-refractivity contribution in [1.29, 1.82) is 0 Å². The fourth-order valence-electron chi connectivity index (χ4n) is 2.80. The quantitative estimate of drug-likeness (QED) is 0.634. The Bertz CT molecular complexity index is 720. The van der Waals surface area contributed by atoms with Crippen molar-refractivity contribution in [1.82, 2.24) is 10.2 Å². The van der Waals surface area contributed by atoms with Gasteiger partial charge < -0.3 is 15.1 Å². The lowest BCUT2D eigenvalue weighted by Crippen LogP contribution is -2.44. The number of urea groups is 1. The number of hydrogen-bond donors (Lipinski definition) is 2. The molecule has 8 heteroatoms. The van der Waals surface area contributed by atoms with E-state index in [9.17, 15) is 13.2 Å². The summed E-state index contributed by atoms with van der Waals surface area (Å²) in [5, 5.41) is 2.86. The zero-order chi connectivity index (χ0) is 20.6. The molecule has 0 saturated carbocycles. The monoisotopic (exact) mass is 398 g/mol. The minimum absolute atomic E-state index is 0.0620. The zero-order valence-electron chi connectivity index (χ0n) is 17.4. The molecule has 1 aromatic rings. The van der Waals surface area contributed by atoms with Crippen molar-refractivity contribution in [2.45, 2.75) is 53.1 Å². The number of sulfonamides is 1. The number of nitrogens with zero attached hydrogens (tertiary/aromatic N) is 2. The average molecular weight is 399 g/mol. The number of nitrogens with one attached hydrogen (secondary N) is 2. The van der Waals surface area contributed by atoms with E-state index in [4.69, 9.17) is 0 Å². The molecule has 7 nitrogen and oxygen atoms in total. The van der Waals surface area contributed by atoms with Gasteiger partial charge >= 0.3 is 6.03 Å². The van der Waals surface area contributed by atoms with Crippen LogP contribution in [-0.2, 0) is 16.6 Å². The predicted octanol–water partition coefficient (Wildman–Crippen LogP) is 3.23. The molecule has 0 bridgehead atoms. The van der Waals surface area contributed by atoms with Crippen LogP contribution in [0.2, 0.25) is 0 Å². The molecule has 0 radical (unpaired) electrons. The van der Waals surface area contributed by atoms with E-state index in [0.717, 1.165) is 17.7 Å². The Morgan fingerprint density at radius 2 is 1.85 bits per heavy atom. The second kappa shape index (κ2) is 10.4. The highest BCUT2D eigenvalue weighted by Gasteiger charge is 2.21. The van der Waals surface area contributed by atoms with Gasteiger partial charge in [-0.05, 0) is 50.5 Å². The minimum Gasteiger partial charge on any atom is -0.377 e. The Labute approximate surface area is 164 Å². The number of amides is 2. The van der Waals surface area contributed by atoms with Gasteiger partial charge in [-0.15, -0.1) is 0 Å². The standard InChI is InChI=1S/C19H34N4O3S/c1-7-12-27(25,26)21-17-10-11-18(22(5)6)16(13-17)14-23(15(4)8-2)19(24)20-9-3/h10-11,13,15,21H,7-9,12,14H2,1-6H3,(H,20,24)/t15-/m1/s1. The zero-order valence-corrected chi connectivity index (χ0v) is 18.2. The Hall–Kier alpha value is -1.96. The highest BCUT2D eigenvalue weighted by Crippen LogP contribution is 2.26. The molecule has 0 unspecified atom stereocenters. The van der Waals surface area contributed by atoms with Crippen molar-refractivity contribution in [3.05, 3.63) is 23.8 Å². The van der Waals surface area contributed by atoms with Gasteiger partial charge in [-0.3, -0.25) is 4.72 Å². The molecule has 0 aliphatic rings. The Balaban J connectivity index is 3.24. The molecule has 2 N–H and O–H groups in total. The van der Waals surface area contributed by atoms with Crippen LogP contribution < -0.4 is 14.9 Å². The summed E-state index contributed by atoms with van der Waals surface area (Å²) in [5.74, 6) is 0.0790. The van der Waals surface area contributed by atoms with Crippen LogP contribution >= 0.6 is 0 Å². The molecule has 27 heavy (non-hydrogen) atoms. The first kappa shape index (κ1) is 23.1. The fourth-order valence-corrected chi connectivity index (χ4v) is 3.92. The summed E-state index contributed by atoms with van der Waals surface area (Å²) in [5.41, 5.74) is 2.36. The lowest BCUT2D eigenvalue weighted by atomic mass is 10.1. The summed E-state index contributed by atoms with van der Waals surface area (Å²) < 4.78 is 26.8. The summed E-state index contributed by atoms with van der Waals surface area (Å²) in [7, 11) is 0.495. The van der Waals surface area contributed by atoms with Crippen molar-refractivity contribution in [3.63, 3.8) is 0 Å². The Morgan fingerprint density at radius 1 is 1.19 bits per heavy atom. The van der Waals surface area contributed by atoms with Crippen LogP contribution in [0.3, 0.4) is 0 Å². The van der Waals surface area contributed by atoms with E-state index < -0.39 is 10.0 Å². The molecule has 0 aliphatic heterocycles. The third-order valence-electron chi connectivity index (χ3n) is 4.36. The summed E-state index contributed by atoms with van der Waals surface area (Å²) in [6.07, 6.45) is 1.38. The third kappa shape index (κ3) is 6.93. The lowest BCUT2D eigenvalue weighted by Gasteiger charge is -2.30. The van der Waals surface area contributed by atoms with Crippen molar-refractivity contribution in [3.8, 4) is 0 Å². The fraction of sp³-hybridized carbons (Fsp3) is 0.632. The molecule has 1 aromatic carbocycles. The second-order valence-electron chi connectivity index (χ2n) is 6.88. The number of carbonyl (C=O) groups excluding carboxylic acids is 1. The van der Waals surface area contributed by atoms with Gasteiger partial charge in [0.1, 0.15) is 0 Å². The maximum absolute atomic E-state index is 12.5. The molecule has 0 aliphatic carbocycles. The van der Waals surface area contributed by atoms with E-state index in [1.54, 1.807) is 11.0 Å². The molecule has 0 heterocycles. The third-order valence-corrected chi connectivity index (χ3v) is 5.85. The van der Waals surface area contributed by atoms with Gasteiger partial charge in [-0.1, -0.05) is 13.8 Å². The largest absolute Gasteiger partial charge is 0.377 e. The van der Waals surface area contributed by atoms with E-state index in [2.05, 4.69) is 10.0 Å². The van der Waals surface area contributed by atoms with Crippen molar-refractivity contribution in [2.24, 2.45) is 0 Å². The summed E-state index contributed by atoms with van der Waals surface area (Å²) in [4.78, 5) is 16.3. The molecule has 0 fully saturated rings. The van der Waals surface area contributed by atoms with E-state index in [0.29, 0.717) is 25.2 Å². The van der Waals surface area contributed by atoms with Crippen molar-refractivity contribution in [2.75, 3.05) is 36.0 Å². The van der Waals surface area contributed by atoms with Gasteiger partial charge in [0.2, 0.25) is 10.0 Å². The maximum atomic E-state index is 12.5. The minimum atomic E-state index is -3.37. The van der Waals surface area contributed by atoms with E-state index >= 15 is 0 Å².